The lowest BCUT2D eigenvalue weighted by atomic mass is 10.1. The molecule has 3 rings (SSSR count). The summed E-state index contributed by atoms with van der Waals surface area (Å²) < 4.78 is 11.5. The molecule has 0 saturated carbocycles. The molecule has 1 N–H and O–H groups in total. The fourth-order valence-corrected chi connectivity index (χ4v) is 3.96. The van der Waals surface area contributed by atoms with Gasteiger partial charge >= 0.3 is 5.97 Å². The number of hydrogen-bond donors (Lipinski definition) is 1. The first-order chi connectivity index (χ1) is 16.1. The number of ether oxygens (including phenoxy) is 1. The zero-order chi connectivity index (χ0) is 23.5. The Morgan fingerprint density at radius 2 is 1.58 bits per heavy atom. The number of rotatable bonds is 13. The van der Waals surface area contributed by atoms with Crippen molar-refractivity contribution in [1.29, 1.82) is 0 Å². The van der Waals surface area contributed by atoms with Crippen LogP contribution in [0.2, 0.25) is 0 Å². The van der Waals surface area contributed by atoms with Gasteiger partial charge in [-0.25, -0.2) is 0 Å². The first kappa shape index (κ1) is 24.6. The topological polar surface area (TPSA) is 72.0 Å². The van der Waals surface area contributed by atoms with Gasteiger partial charge in [0.2, 0.25) is 0 Å². The number of aliphatic carboxylic acids is 1. The predicted molar refractivity (Wildman–Crippen MR) is 133 cm³/mol. The molecule has 0 unspecified atom stereocenters. The van der Waals surface area contributed by atoms with E-state index in [-0.39, 0.29) is 0 Å². The average molecular weight is 450 g/mol. The summed E-state index contributed by atoms with van der Waals surface area (Å²) in [4.78, 5) is 15.5. The molecule has 176 valence electrons. The Labute approximate surface area is 196 Å². The van der Waals surface area contributed by atoms with Gasteiger partial charge in [0, 0.05) is 30.0 Å². The van der Waals surface area contributed by atoms with Crippen LogP contribution >= 0.6 is 0 Å². The van der Waals surface area contributed by atoms with Crippen LogP contribution in [0.15, 0.2) is 57.9 Å². The van der Waals surface area contributed by atoms with Crippen molar-refractivity contribution in [2.45, 2.75) is 64.7 Å². The van der Waals surface area contributed by atoms with E-state index < -0.39 is 5.97 Å². The lowest BCUT2D eigenvalue weighted by Crippen LogP contribution is -2.05. The molecule has 0 spiro atoms. The molecule has 0 amide bonds. The number of carboxylic acids is 1. The molecule has 0 atom stereocenters. The summed E-state index contributed by atoms with van der Waals surface area (Å²) in [6, 6.07) is 16.1. The van der Waals surface area contributed by atoms with Crippen LogP contribution in [0.4, 0.5) is 0 Å². The molecule has 0 aliphatic heterocycles. The maximum absolute atomic E-state index is 10.5. The second-order valence-electron chi connectivity index (χ2n) is 8.58. The van der Waals surface area contributed by atoms with Crippen LogP contribution in [-0.2, 0) is 4.79 Å². The number of carbonyl (C=O) groups is 1. The highest BCUT2D eigenvalue weighted by molar-refractivity contribution is 5.79. The highest BCUT2D eigenvalue weighted by Crippen LogP contribution is 2.25. The summed E-state index contributed by atoms with van der Waals surface area (Å²) in [5.74, 6) is 0.931. The standard InChI is InChI=1S/C28H35NO4/c1-21-12-17-26-24(19-21)25(20-27(33-26)22-13-15-23(32-2)16-14-22)29-18-10-8-6-4-3-5-7-9-11-28(30)31/h12-17,19-20H,3-11,18H2,1-2H3,(H,30,31). The minimum atomic E-state index is -0.690. The highest BCUT2D eigenvalue weighted by atomic mass is 16.5. The molecule has 0 fully saturated rings. The number of methoxy groups -OCH3 is 1. The third-order valence-corrected chi connectivity index (χ3v) is 5.85. The van der Waals surface area contributed by atoms with Crippen LogP contribution in [0.5, 0.6) is 5.75 Å². The summed E-state index contributed by atoms with van der Waals surface area (Å²) in [5, 5.41) is 10.7. The molecule has 0 bridgehead atoms. The van der Waals surface area contributed by atoms with E-state index >= 15 is 0 Å². The van der Waals surface area contributed by atoms with E-state index in [0.29, 0.717) is 6.42 Å². The number of carboxylic acid groups (broad SMARTS) is 1. The Morgan fingerprint density at radius 3 is 2.24 bits per heavy atom. The number of unbranched alkanes of at least 4 members (excludes halogenated alkanes) is 7. The van der Waals surface area contributed by atoms with Crippen molar-refractivity contribution >= 4 is 16.9 Å². The first-order valence-corrected chi connectivity index (χ1v) is 12.0. The summed E-state index contributed by atoms with van der Waals surface area (Å²) in [5.41, 5.74) is 3.03. The Balaban J connectivity index is 1.59. The monoisotopic (exact) mass is 449 g/mol. The Bertz CT molecular complexity index is 1100. The molecule has 5 heteroatoms. The Morgan fingerprint density at radius 1 is 0.909 bits per heavy atom. The van der Waals surface area contributed by atoms with Gasteiger partial charge in [0.15, 0.2) is 0 Å². The van der Waals surface area contributed by atoms with Gasteiger partial charge in [0.25, 0.3) is 0 Å². The number of fused-ring (bicyclic) bond motifs is 1. The van der Waals surface area contributed by atoms with Crippen LogP contribution in [0.3, 0.4) is 0 Å². The van der Waals surface area contributed by atoms with Crippen LogP contribution in [0.25, 0.3) is 22.3 Å². The minimum absolute atomic E-state index is 0.294. The zero-order valence-corrected chi connectivity index (χ0v) is 19.8. The van der Waals surface area contributed by atoms with Crippen molar-refractivity contribution in [3.05, 3.63) is 59.5 Å². The van der Waals surface area contributed by atoms with Gasteiger partial charge in [-0.2, -0.15) is 0 Å². The van der Waals surface area contributed by atoms with Gasteiger partial charge in [0.05, 0.1) is 12.5 Å². The van der Waals surface area contributed by atoms with Crippen molar-refractivity contribution in [2.75, 3.05) is 13.7 Å². The van der Waals surface area contributed by atoms with Gasteiger partial charge < -0.3 is 14.3 Å². The fourth-order valence-electron chi connectivity index (χ4n) is 3.96. The smallest absolute Gasteiger partial charge is 0.303 e. The third-order valence-electron chi connectivity index (χ3n) is 5.85. The first-order valence-electron chi connectivity index (χ1n) is 12.0. The van der Waals surface area contributed by atoms with E-state index in [2.05, 4.69) is 19.1 Å². The number of nitrogens with zero attached hydrogens (tertiary/aromatic N) is 1. The second kappa shape index (κ2) is 12.8. The van der Waals surface area contributed by atoms with Crippen molar-refractivity contribution in [3.8, 4) is 17.1 Å². The van der Waals surface area contributed by atoms with E-state index in [0.717, 1.165) is 72.0 Å². The predicted octanol–water partition coefficient (Wildman–Crippen LogP) is 6.91. The van der Waals surface area contributed by atoms with E-state index in [1.165, 1.54) is 24.8 Å². The molecule has 1 aromatic heterocycles. The lowest BCUT2D eigenvalue weighted by Gasteiger charge is -2.07. The van der Waals surface area contributed by atoms with Crippen molar-refractivity contribution in [1.82, 2.24) is 0 Å². The van der Waals surface area contributed by atoms with Gasteiger partial charge in [-0.15, -0.1) is 0 Å². The molecule has 0 aliphatic rings. The Kier molecular flexibility index (Phi) is 9.55. The van der Waals surface area contributed by atoms with Crippen molar-refractivity contribution in [2.24, 2.45) is 4.99 Å². The van der Waals surface area contributed by atoms with E-state index in [9.17, 15) is 4.79 Å². The number of aryl methyl sites for hydroxylation is 1. The molecule has 0 radical (unpaired) electrons. The van der Waals surface area contributed by atoms with Crippen LogP contribution in [-0.4, -0.2) is 24.7 Å². The van der Waals surface area contributed by atoms with Gasteiger partial charge in [-0.3, -0.25) is 9.79 Å². The molecule has 2 aromatic carbocycles. The SMILES string of the molecule is COc1ccc(-c2cc(=NCCCCCCCCCCC(=O)O)c3cc(C)ccc3o2)cc1. The summed E-state index contributed by atoms with van der Waals surface area (Å²) in [6.07, 6.45) is 9.07. The number of benzene rings is 2. The van der Waals surface area contributed by atoms with E-state index in [4.69, 9.17) is 19.3 Å². The minimum Gasteiger partial charge on any atom is -0.497 e. The summed E-state index contributed by atoms with van der Waals surface area (Å²) >= 11 is 0. The molecule has 0 saturated heterocycles. The molecular weight excluding hydrogens is 414 g/mol. The van der Waals surface area contributed by atoms with Crippen molar-refractivity contribution in [3.63, 3.8) is 0 Å². The van der Waals surface area contributed by atoms with Crippen molar-refractivity contribution < 1.29 is 19.1 Å². The van der Waals surface area contributed by atoms with Crippen LogP contribution < -0.4 is 10.1 Å². The molecule has 5 nitrogen and oxygen atoms in total. The largest absolute Gasteiger partial charge is 0.497 e. The molecule has 0 aliphatic carbocycles. The third kappa shape index (κ3) is 7.77. The maximum Gasteiger partial charge on any atom is 0.303 e. The number of hydrogen-bond acceptors (Lipinski definition) is 4. The van der Waals surface area contributed by atoms with Crippen LogP contribution in [0, 0.1) is 6.92 Å². The van der Waals surface area contributed by atoms with E-state index in [1.54, 1.807) is 7.11 Å². The normalized spacial score (nSPS) is 11.8. The maximum atomic E-state index is 10.5. The Hall–Kier alpha value is -3.08. The highest BCUT2D eigenvalue weighted by Gasteiger charge is 2.07. The van der Waals surface area contributed by atoms with Gasteiger partial charge in [-0.05, 0) is 56.2 Å². The fraction of sp³-hybridized carbons (Fsp3) is 0.429. The molecule has 3 aromatic rings. The lowest BCUT2D eigenvalue weighted by molar-refractivity contribution is -0.137. The average Bonchev–Trinajstić information content (AvgIpc) is 2.82. The zero-order valence-electron chi connectivity index (χ0n) is 19.8. The van der Waals surface area contributed by atoms with E-state index in [1.807, 2.05) is 36.4 Å². The van der Waals surface area contributed by atoms with Gasteiger partial charge in [-0.1, -0.05) is 50.2 Å². The summed E-state index contributed by atoms with van der Waals surface area (Å²) in [6.45, 7) is 2.88. The quantitative estimate of drug-likeness (QED) is 0.288. The molecule has 33 heavy (non-hydrogen) atoms. The molecular formula is C28H35NO4. The second-order valence-corrected chi connectivity index (χ2v) is 8.58. The molecule has 1 heterocycles. The van der Waals surface area contributed by atoms with Gasteiger partial charge in [0.1, 0.15) is 17.1 Å². The summed E-state index contributed by atoms with van der Waals surface area (Å²) in [7, 11) is 1.66. The van der Waals surface area contributed by atoms with Crippen LogP contribution in [0.1, 0.15) is 63.4 Å².